The lowest BCUT2D eigenvalue weighted by Crippen LogP contribution is -2.40. The maximum Gasteiger partial charge on any atom is 0.308 e. The molecule has 6 nitrogen and oxygen atoms in total. The van der Waals surface area contributed by atoms with E-state index in [4.69, 9.17) is 5.11 Å². The van der Waals surface area contributed by atoms with Gasteiger partial charge in [-0.25, -0.2) is 0 Å². The Kier molecular flexibility index (Phi) is 5.26. The summed E-state index contributed by atoms with van der Waals surface area (Å²) in [7, 11) is 1.55. The number of benzene rings is 1. The van der Waals surface area contributed by atoms with Gasteiger partial charge < -0.3 is 14.9 Å². The fraction of sp³-hybridized carbons (Fsp3) is 0.500. The predicted molar refractivity (Wildman–Crippen MR) is 90.8 cm³/mol. The van der Waals surface area contributed by atoms with E-state index in [1.807, 2.05) is 32.0 Å². The van der Waals surface area contributed by atoms with E-state index < -0.39 is 17.8 Å². The number of rotatable bonds is 5. The van der Waals surface area contributed by atoms with Gasteiger partial charge in [0.25, 0.3) is 0 Å². The van der Waals surface area contributed by atoms with Gasteiger partial charge in [-0.15, -0.1) is 0 Å². The molecule has 2 rings (SSSR count). The first kappa shape index (κ1) is 18.0. The zero-order valence-electron chi connectivity index (χ0n) is 14.6. The van der Waals surface area contributed by atoms with E-state index in [0.29, 0.717) is 13.0 Å². The number of hydrogen-bond acceptors (Lipinski definition) is 3. The quantitative estimate of drug-likeness (QED) is 0.835. The van der Waals surface area contributed by atoms with Crippen LogP contribution >= 0.6 is 0 Å². The maximum absolute atomic E-state index is 12.7. The Morgan fingerprint density at radius 2 is 1.88 bits per heavy atom. The molecule has 1 heterocycles. The Balaban J connectivity index is 2.10. The molecule has 0 saturated carbocycles. The van der Waals surface area contributed by atoms with Gasteiger partial charge in [0.2, 0.25) is 11.8 Å². The van der Waals surface area contributed by atoms with Gasteiger partial charge in [-0.05, 0) is 43.5 Å². The largest absolute Gasteiger partial charge is 0.481 e. The molecule has 0 aliphatic carbocycles. The van der Waals surface area contributed by atoms with Gasteiger partial charge in [0.1, 0.15) is 5.92 Å². The SMILES string of the molecule is Cc1cc(C)cc(N2CCC(C(=O)N(C)CC(C)C(=O)O)C2=O)c1. The number of nitrogens with zero attached hydrogens (tertiary/aromatic N) is 2. The Bertz CT molecular complexity index is 651. The Hall–Kier alpha value is -2.37. The predicted octanol–water partition coefficient (Wildman–Crippen LogP) is 1.84. The summed E-state index contributed by atoms with van der Waals surface area (Å²) in [5.41, 5.74) is 2.95. The fourth-order valence-electron chi connectivity index (χ4n) is 3.12. The molecule has 0 aromatic heterocycles. The molecular weight excluding hydrogens is 308 g/mol. The van der Waals surface area contributed by atoms with Crippen molar-refractivity contribution in [2.24, 2.45) is 11.8 Å². The molecule has 24 heavy (non-hydrogen) atoms. The van der Waals surface area contributed by atoms with E-state index in [1.54, 1.807) is 18.9 Å². The molecule has 0 spiro atoms. The van der Waals surface area contributed by atoms with Gasteiger partial charge in [0.05, 0.1) is 5.92 Å². The zero-order valence-corrected chi connectivity index (χ0v) is 14.6. The molecule has 1 aromatic rings. The lowest BCUT2D eigenvalue weighted by molar-refractivity contribution is -0.143. The summed E-state index contributed by atoms with van der Waals surface area (Å²) in [6.45, 7) is 6.09. The lowest BCUT2D eigenvalue weighted by atomic mass is 10.1. The topological polar surface area (TPSA) is 77.9 Å². The summed E-state index contributed by atoms with van der Waals surface area (Å²) in [4.78, 5) is 39.1. The van der Waals surface area contributed by atoms with E-state index >= 15 is 0 Å². The number of carboxylic acids is 1. The Morgan fingerprint density at radius 3 is 2.42 bits per heavy atom. The first-order valence-corrected chi connectivity index (χ1v) is 8.08. The number of hydrogen-bond donors (Lipinski definition) is 1. The van der Waals surface area contributed by atoms with Crippen molar-refractivity contribution in [3.8, 4) is 0 Å². The minimum atomic E-state index is -0.954. The molecule has 1 N–H and O–H groups in total. The molecule has 0 radical (unpaired) electrons. The normalized spacial score (nSPS) is 18.6. The third-order valence-electron chi connectivity index (χ3n) is 4.37. The fourth-order valence-corrected chi connectivity index (χ4v) is 3.12. The van der Waals surface area contributed by atoms with Crippen LogP contribution in [0.2, 0.25) is 0 Å². The molecule has 2 amide bonds. The van der Waals surface area contributed by atoms with E-state index in [9.17, 15) is 14.4 Å². The molecule has 130 valence electrons. The molecule has 1 aromatic carbocycles. The molecule has 6 heteroatoms. The summed E-state index contributed by atoms with van der Waals surface area (Å²) in [5.74, 6) is -2.85. The van der Waals surface area contributed by atoms with Crippen LogP contribution in [0.4, 0.5) is 5.69 Å². The highest BCUT2D eigenvalue weighted by Gasteiger charge is 2.39. The number of carboxylic acid groups (broad SMARTS) is 1. The molecule has 0 bridgehead atoms. The van der Waals surface area contributed by atoms with Crippen LogP contribution in [0.1, 0.15) is 24.5 Å². The molecule has 1 saturated heterocycles. The van der Waals surface area contributed by atoms with Gasteiger partial charge in [-0.3, -0.25) is 14.4 Å². The highest BCUT2D eigenvalue weighted by molar-refractivity contribution is 6.09. The minimum absolute atomic E-state index is 0.0987. The van der Waals surface area contributed by atoms with Crippen LogP contribution < -0.4 is 4.90 Å². The monoisotopic (exact) mass is 332 g/mol. The molecule has 2 atom stereocenters. The van der Waals surface area contributed by atoms with Crippen LogP contribution in [-0.4, -0.2) is 47.9 Å². The van der Waals surface area contributed by atoms with E-state index in [-0.39, 0.29) is 18.4 Å². The van der Waals surface area contributed by atoms with Crippen LogP contribution in [0.3, 0.4) is 0 Å². The van der Waals surface area contributed by atoms with Crippen molar-refractivity contribution in [3.63, 3.8) is 0 Å². The van der Waals surface area contributed by atoms with E-state index in [0.717, 1.165) is 16.8 Å². The Morgan fingerprint density at radius 1 is 1.29 bits per heavy atom. The third-order valence-corrected chi connectivity index (χ3v) is 4.37. The number of amides is 2. The van der Waals surface area contributed by atoms with Crippen LogP contribution in [0, 0.1) is 25.7 Å². The first-order valence-electron chi connectivity index (χ1n) is 8.08. The van der Waals surface area contributed by atoms with Crippen molar-refractivity contribution in [1.82, 2.24) is 4.90 Å². The van der Waals surface area contributed by atoms with Crippen LogP contribution in [0.25, 0.3) is 0 Å². The van der Waals surface area contributed by atoms with Crippen molar-refractivity contribution in [3.05, 3.63) is 29.3 Å². The van der Waals surface area contributed by atoms with Gasteiger partial charge in [0.15, 0.2) is 0 Å². The summed E-state index contributed by atoms with van der Waals surface area (Å²) >= 11 is 0. The van der Waals surface area contributed by atoms with Crippen molar-refractivity contribution < 1.29 is 19.5 Å². The highest BCUT2D eigenvalue weighted by atomic mass is 16.4. The average Bonchev–Trinajstić information content (AvgIpc) is 2.86. The smallest absolute Gasteiger partial charge is 0.308 e. The van der Waals surface area contributed by atoms with Gasteiger partial charge >= 0.3 is 5.97 Å². The zero-order chi connectivity index (χ0) is 18.0. The van der Waals surface area contributed by atoms with Crippen LogP contribution in [-0.2, 0) is 14.4 Å². The van der Waals surface area contributed by atoms with Crippen molar-refractivity contribution in [2.45, 2.75) is 27.2 Å². The summed E-state index contributed by atoms with van der Waals surface area (Å²) in [6, 6.07) is 5.91. The summed E-state index contributed by atoms with van der Waals surface area (Å²) in [6.07, 6.45) is 0.455. The van der Waals surface area contributed by atoms with Gasteiger partial charge in [-0.1, -0.05) is 13.0 Å². The lowest BCUT2D eigenvalue weighted by Gasteiger charge is -2.23. The molecule has 1 aliphatic heterocycles. The standard InChI is InChI=1S/C18H24N2O4/c1-11-7-12(2)9-14(8-11)20-6-5-15(17(20)22)16(21)19(4)10-13(3)18(23)24/h7-9,13,15H,5-6,10H2,1-4H3,(H,23,24). The molecular formula is C18H24N2O4. The third kappa shape index (κ3) is 3.75. The van der Waals surface area contributed by atoms with E-state index in [1.165, 1.54) is 4.90 Å². The number of carbonyl (C=O) groups is 3. The number of aryl methyl sites for hydroxylation is 2. The van der Waals surface area contributed by atoms with Crippen molar-refractivity contribution in [1.29, 1.82) is 0 Å². The second-order valence-electron chi connectivity index (χ2n) is 6.64. The maximum atomic E-state index is 12.7. The van der Waals surface area contributed by atoms with Crippen LogP contribution in [0.5, 0.6) is 0 Å². The average molecular weight is 332 g/mol. The Labute approximate surface area is 142 Å². The molecule has 1 fully saturated rings. The van der Waals surface area contributed by atoms with Gasteiger partial charge in [0, 0.05) is 25.8 Å². The van der Waals surface area contributed by atoms with Gasteiger partial charge in [-0.2, -0.15) is 0 Å². The molecule has 1 aliphatic rings. The van der Waals surface area contributed by atoms with Crippen LogP contribution in [0.15, 0.2) is 18.2 Å². The van der Waals surface area contributed by atoms with Crippen molar-refractivity contribution >= 4 is 23.5 Å². The number of anilines is 1. The number of carbonyl (C=O) groups excluding carboxylic acids is 2. The minimum Gasteiger partial charge on any atom is -0.481 e. The summed E-state index contributed by atoms with van der Waals surface area (Å²) < 4.78 is 0. The first-order chi connectivity index (χ1) is 11.2. The summed E-state index contributed by atoms with van der Waals surface area (Å²) in [5, 5.41) is 8.96. The van der Waals surface area contributed by atoms with E-state index in [2.05, 4.69) is 0 Å². The number of aliphatic carboxylic acids is 1. The second kappa shape index (κ2) is 7.03. The van der Waals surface area contributed by atoms with Crippen molar-refractivity contribution in [2.75, 3.05) is 25.0 Å². The highest BCUT2D eigenvalue weighted by Crippen LogP contribution is 2.28. The second-order valence-corrected chi connectivity index (χ2v) is 6.64. The molecule has 2 unspecified atom stereocenters.